The summed E-state index contributed by atoms with van der Waals surface area (Å²) in [5, 5.41) is 7.25. The van der Waals surface area contributed by atoms with Crippen LogP contribution in [0.25, 0.3) is 0 Å². The van der Waals surface area contributed by atoms with Crippen LogP contribution < -0.4 is 10.6 Å². The summed E-state index contributed by atoms with van der Waals surface area (Å²) < 4.78 is 0. The number of benzene rings is 1. The van der Waals surface area contributed by atoms with Crippen LogP contribution in [-0.4, -0.2) is 12.1 Å². The van der Waals surface area contributed by atoms with Crippen LogP contribution >= 0.6 is 0 Å². The van der Waals surface area contributed by atoms with E-state index in [9.17, 15) is 0 Å². The third-order valence-corrected chi connectivity index (χ3v) is 3.72. The second kappa shape index (κ2) is 2.91. The van der Waals surface area contributed by atoms with Gasteiger partial charge in [-0.15, -0.1) is 0 Å². The smallest absolute Gasteiger partial charge is 0.0581 e. The van der Waals surface area contributed by atoms with Gasteiger partial charge in [0.05, 0.1) is 16.9 Å². The van der Waals surface area contributed by atoms with E-state index in [-0.39, 0.29) is 5.54 Å². The Labute approximate surface area is 91.1 Å². The van der Waals surface area contributed by atoms with Crippen molar-refractivity contribution in [2.45, 2.75) is 32.2 Å². The first-order valence-corrected chi connectivity index (χ1v) is 5.80. The predicted molar refractivity (Wildman–Crippen MR) is 64.4 cm³/mol. The molecule has 15 heavy (non-hydrogen) atoms. The van der Waals surface area contributed by atoms with Crippen LogP contribution in [-0.2, 0) is 0 Å². The molecule has 1 aromatic carbocycles. The molecule has 2 aliphatic rings. The highest BCUT2D eigenvalue weighted by atomic mass is 15.1. The second-order valence-electron chi connectivity index (χ2n) is 5.22. The molecule has 0 bridgehead atoms. The van der Waals surface area contributed by atoms with E-state index in [0.717, 1.165) is 12.5 Å². The number of nitrogens with one attached hydrogen (secondary N) is 2. The van der Waals surface area contributed by atoms with Gasteiger partial charge in [0.15, 0.2) is 0 Å². The van der Waals surface area contributed by atoms with Crippen molar-refractivity contribution in [3.05, 3.63) is 23.8 Å². The Bertz CT molecular complexity index is 396. The monoisotopic (exact) mass is 202 g/mol. The minimum atomic E-state index is 0.266. The van der Waals surface area contributed by atoms with Gasteiger partial charge in [-0.2, -0.15) is 0 Å². The molecule has 1 saturated carbocycles. The first kappa shape index (κ1) is 9.08. The van der Waals surface area contributed by atoms with Crippen molar-refractivity contribution in [1.82, 2.24) is 0 Å². The van der Waals surface area contributed by atoms with Gasteiger partial charge in [0.2, 0.25) is 0 Å². The highest BCUT2D eigenvalue weighted by Crippen LogP contribution is 2.44. The van der Waals surface area contributed by atoms with Gasteiger partial charge in [0.25, 0.3) is 0 Å². The Balaban J connectivity index is 1.92. The first-order chi connectivity index (χ1) is 7.17. The fourth-order valence-corrected chi connectivity index (χ4v) is 2.51. The molecule has 0 radical (unpaired) electrons. The van der Waals surface area contributed by atoms with Gasteiger partial charge < -0.3 is 10.6 Å². The van der Waals surface area contributed by atoms with E-state index in [4.69, 9.17) is 0 Å². The zero-order valence-corrected chi connectivity index (χ0v) is 9.43. The number of rotatable bonds is 1. The van der Waals surface area contributed by atoms with Gasteiger partial charge in [-0.1, -0.05) is 6.07 Å². The number of hydrogen-bond acceptors (Lipinski definition) is 2. The molecule has 1 atom stereocenters. The van der Waals surface area contributed by atoms with Crippen molar-refractivity contribution in [3.8, 4) is 0 Å². The molecular weight excluding hydrogens is 184 g/mol. The Morgan fingerprint density at radius 3 is 2.80 bits per heavy atom. The lowest BCUT2D eigenvalue weighted by atomic mass is 9.92. The van der Waals surface area contributed by atoms with Crippen molar-refractivity contribution in [1.29, 1.82) is 0 Å². The van der Waals surface area contributed by atoms with E-state index in [0.29, 0.717) is 0 Å². The lowest BCUT2D eigenvalue weighted by molar-refractivity contribution is 0.466. The summed E-state index contributed by atoms with van der Waals surface area (Å²) in [7, 11) is 0. The SMILES string of the molecule is Cc1ccc2c(c1)NCC(C)(C1CC1)N2. The normalized spacial score (nSPS) is 28.9. The molecule has 2 N–H and O–H groups in total. The molecule has 0 spiro atoms. The fourth-order valence-electron chi connectivity index (χ4n) is 2.51. The molecule has 1 unspecified atom stereocenters. The largest absolute Gasteiger partial charge is 0.381 e. The van der Waals surface area contributed by atoms with Gasteiger partial charge >= 0.3 is 0 Å². The van der Waals surface area contributed by atoms with E-state index in [1.807, 2.05) is 0 Å². The van der Waals surface area contributed by atoms with Crippen molar-refractivity contribution >= 4 is 11.4 Å². The van der Waals surface area contributed by atoms with Crippen LogP contribution in [0.5, 0.6) is 0 Å². The zero-order chi connectivity index (χ0) is 10.5. The molecule has 3 rings (SSSR count). The van der Waals surface area contributed by atoms with E-state index in [1.165, 1.54) is 29.8 Å². The van der Waals surface area contributed by atoms with E-state index < -0.39 is 0 Å². The number of fused-ring (bicyclic) bond motifs is 1. The maximum absolute atomic E-state index is 3.70. The molecule has 2 heteroatoms. The number of aryl methyl sites for hydroxylation is 1. The average molecular weight is 202 g/mol. The molecule has 80 valence electrons. The van der Waals surface area contributed by atoms with E-state index in [1.54, 1.807) is 0 Å². The maximum atomic E-state index is 3.70. The third-order valence-electron chi connectivity index (χ3n) is 3.72. The maximum Gasteiger partial charge on any atom is 0.0581 e. The molecule has 1 aromatic rings. The fraction of sp³-hybridized carbons (Fsp3) is 0.538. The molecule has 0 aromatic heterocycles. The lowest BCUT2D eigenvalue weighted by Crippen LogP contribution is -2.47. The predicted octanol–water partition coefficient (Wildman–Crippen LogP) is 3.00. The van der Waals surface area contributed by atoms with Crippen LogP contribution in [0, 0.1) is 12.8 Å². The summed E-state index contributed by atoms with van der Waals surface area (Å²) >= 11 is 0. The molecule has 0 amide bonds. The molecule has 1 fully saturated rings. The summed E-state index contributed by atoms with van der Waals surface area (Å²) in [6, 6.07) is 6.58. The third kappa shape index (κ3) is 1.48. The zero-order valence-electron chi connectivity index (χ0n) is 9.43. The van der Waals surface area contributed by atoms with Gasteiger partial charge in [-0.05, 0) is 50.3 Å². The van der Waals surface area contributed by atoms with Gasteiger partial charge in [-0.25, -0.2) is 0 Å². The Kier molecular flexibility index (Phi) is 1.76. The molecule has 1 heterocycles. The minimum absolute atomic E-state index is 0.266. The summed E-state index contributed by atoms with van der Waals surface area (Å²) in [5.74, 6) is 0.861. The van der Waals surface area contributed by atoms with Crippen LogP contribution in [0.3, 0.4) is 0 Å². The molecule has 1 aliphatic heterocycles. The summed E-state index contributed by atoms with van der Waals surface area (Å²) in [6.07, 6.45) is 2.76. The van der Waals surface area contributed by atoms with Crippen LogP contribution in [0.4, 0.5) is 11.4 Å². The van der Waals surface area contributed by atoms with E-state index in [2.05, 4.69) is 42.7 Å². The molecule has 1 aliphatic carbocycles. The Morgan fingerprint density at radius 1 is 1.27 bits per heavy atom. The van der Waals surface area contributed by atoms with Crippen LogP contribution in [0.2, 0.25) is 0 Å². The minimum Gasteiger partial charge on any atom is -0.381 e. The highest BCUT2D eigenvalue weighted by molar-refractivity contribution is 5.73. The molecular formula is C13H18N2. The average Bonchev–Trinajstić information content (AvgIpc) is 3.02. The summed E-state index contributed by atoms with van der Waals surface area (Å²) in [4.78, 5) is 0. The highest BCUT2D eigenvalue weighted by Gasteiger charge is 2.43. The van der Waals surface area contributed by atoms with Crippen molar-refractivity contribution in [2.24, 2.45) is 5.92 Å². The molecule has 0 saturated heterocycles. The van der Waals surface area contributed by atoms with Crippen LogP contribution in [0.15, 0.2) is 18.2 Å². The number of anilines is 2. The summed E-state index contributed by atoms with van der Waals surface area (Å²) in [5.41, 5.74) is 4.11. The van der Waals surface area contributed by atoms with Crippen molar-refractivity contribution in [2.75, 3.05) is 17.2 Å². The quantitative estimate of drug-likeness (QED) is 0.731. The summed E-state index contributed by atoms with van der Waals surface area (Å²) in [6.45, 7) is 5.52. The van der Waals surface area contributed by atoms with E-state index >= 15 is 0 Å². The topological polar surface area (TPSA) is 24.1 Å². The van der Waals surface area contributed by atoms with Crippen LogP contribution in [0.1, 0.15) is 25.3 Å². The Hall–Kier alpha value is -1.18. The standard InChI is InChI=1S/C13H18N2/c1-9-3-6-11-12(7-9)14-8-13(2,15-11)10-4-5-10/h3,6-7,10,14-15H,4-5,8H2,1-2H3. The first-order valence-electron chi connectivity index (χ1n) is 5.80. The van der Waals surface area contributed by atoms with Gasteiger partial charge in [-0.3, -0.25) is 0 Å². The van der Waals surface area contributed by atoms with Gasteiger partial charge in [0, 0.05) is 6.54 Å². The van der Waals surface area contributed by atoms with Crippen molar-refractivity contribution in [3.63, 3.8) is 0 Å². The van der Waals surface area contributed by atoms with Crippen molar-refractivity contribution < 1.29 is 0 Å². The number of hydrogen-bond donors (Lipinski definition) is 2. The second-order valence-corrected chi connectivity index (χ2v) is 5.22. The Morgan fingerprint density at radius 2 is 2.07 bits per heavy atom. The lowest BCUT2D eigenvalue weighted by Gasteiger charge is -2.38. The molecule has 2 nitrogen and oxygen atoms in total. The van der Waals surface area contributed by atoms with Gasteiger partial charge in [0.1, 0.15) is 0 Å².